The highest BCUT2D eigenvalue weighted by molar-refractivity contribution is 5.85. The van der Waals surface area contributed by atoms with Crippen molar-refractivity contribution in [1.82, 2.24) is 4.90 Å². The van der Waals surface area contributed by atoms with Crippen molar-refractivity contribution in [2.45, 2.75) is 62.6 Å². The molecule has 1 heterocycles. The van der Waals surface area contributed by atoms with Crippen LogP contribution >= 0.6 is 12.4 Å². The normalized spacial score (nSPS) is 28.6. The fraction of sp³-hybridized carbons (Fsp3) is 0.520. The number of ether oxygens (including phenoxy) is 1. The molecule has 0 radical (unpaired) electrons. The predicted octanol–water partition coefficient (Wildman–Crippen LogP) is 4.44. The van der Waals surface area contributed by atoms with Gasteiger partial charge in [-0.2, -0.15) is 0 Å². The van der Waals surface area contributed by atoms with E-state index in [4.69, 9.17) is 4.74 Å². The minimum atomic E-state index is -0.466. The molecule has 3 aliphatic rings. The molecule has 0 spiro atoms. The first-order valence-corrected chi connectivity index (χ1v) is 11.0. The topological polar surface area (TPSA) is 52.9 Å². The lowest BCUT2D eigenvalue weighted by atomic mass is 9.52. The molecule has 5 heteroatoms. The van der Waals surface area contributed by atoms with Gasteiger partial charge in [0.15, 0.2) is 0 Å². The van der Waals surface area contributed by atoms with E-state index in [1.54, 1.807) is 7.11 Å². The Morgan fingerprint density at radius 2 is 1.93 bits per heavy atom. The van der Waals surface area contributed by atoms with E-state index in [1.165, 1.54) is 36.8 Å². The monoisotopic (exact) mass is 429 g/mol. The Morgan fingerprint density at radius 1 is 1.13 bits per heavy atom. The van der Waals surface area contributed by atoms with Gasteiger partial charge >= 0.3 is 0 Å². The summed E-state index contributed by atoms with van der Waals surface area (Å²) in [5.74, 6) is 1.81. The third-order valence-corrected chi connectivity index (χ3v) is 7.82. The molecule has 4 nitrogen and oxygen atoms in total. The fourth-order valence-electron chi connectivity index (χ4n) is 6.48. The number of aromatic hydroxyl groups is 1. The average molecular weight is 430 g/mol. The van der Waals surface area contributed by atoms with E-state index >= 15 is 0 Å². The van der Waals surface area contributed by atoms with Gasteiger partial charge in [-0.1, -0.05) is 31.0 Å². The number of methoxy groups -OCH3 is 1. The van der Waals surface area contributed by atoms with Crippen LogP contribution in [0.1, 0.15) is 48.8 Å². The predicted molar refractivity (Wildman–Crippen MR) is 121 cm³/mol. The number of phenolic OH excluding ortho intramolecular Hbond substituents is 1. The second kappa shape index (κ2) is 8.41. The number of halogens is 1. The molecule has 1 aliphatic heterocycles. The highest BCUT2D eigenvalue weighted by Crippen LogP contribution is 2.56. The second-order valence-electron chi connectivity index (χ2n) is 9.14. The first-order valence-electron chi connectivity index (χ1n) is 11.0. The number of aliphatic hydroxyl groups excluding tert-OH is 1. The summed E-state index contributed by atoms with van der Waals surface area (Å²) in [6.07, 6.45) is 7.21. The third-order valence-electron chi connectivity index (χ3n) is 7.82. The van der Waals surface area contributed by atoms with Crippen molar-refractivity contribution in [1.29, 1.82) is 0 Å². The Bertz CT molecular complexity index is 886. The highest BCUT2D eigenvalue weighted by Gasteiger charge is 2.54. The smallest absolute Gasteiger partial charge is 0.118 e. The van der Waals surface area contributed by atoms with Gasteiger partial charge in [0.2, 0.25) is 0 Å². The van der Waals surface area contributed by atoms with Crippen LogP contribution in [0, 0.1) is 5.92 Å². The second-order valence-corrected chi connectivity index (χ2v) is 9.14. The number of hydrogen-bond donors (Lipinski definition) is 2. The maximum atomic E-state index is 11.2. The van der Waals surface area contributed by atoms with E-state index in [-0.39, 0.29) is 17.8 Å². The number of benzene rings is 2. The molecule has 1 saturated carbocycles. The summed E-state index contributed by atoms with van der Waals surface area (Å²) in [7, 11) is 1.68. The highest BCUT2D eigenvalue weighted by atomic mass is 35.5. The molecule has 0 aromatic heterocycles. The van der Waals surface area contributed by atoms with E-state index in [0.29, 0.717) is 24.1 Å². The lowest BCUT2D eigenvalue weighted by molar-refractivity contribution is -0.0983. The fourth-order valence-corrected chi connectivity index (χ4v) is 6.48. The summed E-state index contributed by atoms with van der Waals surface area (Å²) >= 11 is 0. The van der Waals surface area contributed by atoms with Crippen LogP contribution in [0.15, 0.2) is 42.5 Å². The van der Waals surface area contributed by atoms with Gasteiger partial charge in [0.25, 0.3) is 0 Å². The molecular weight excluding hydrogens is 398 g/mol. The SMILES string of the molecule is COc1ccc(CC(O)N2CC[C@]34CCCC[C@H]3[C@H]2Cc2ccc(O)cc24)cc1.Cl. The zero-order chi connectivity index (χ0) is 20.0. The van der Waals surface area contributed by atoms with Crippen LogP contribution in [0.25, 0.3) is 0 Å². The van der Waals surface area contributed by atoms with Crippen molar-refractivity contribution in [2.24, 2.45) is 5.92 Å². The van der Waals surface area contributed by atoms with Crippen LogP contribution < -0.4 is 4.74 Å². The van der Waals surface area contributed by atoms with E-state index < -0.39 is 6.23 Å². The van der Waals surface area contributed by atoms with Crippen LogP contribution in [0.5, 0.6) is 11.5 Å². The summed E-state index contributed by atoms with van der Waals surface area (Å²) in [6, 6.07) is 14.4. The quantitative estimate of drug-likeness (QED) is 0.754. The largest absolute Gasteiger partial charge is 0.508 e. The Morgan fingerprint density at radius 3 is 2.70 bits per heavy atom. The van der Waals surface area contributed by atoms with Crippen molar-refractivity contribution < 1.29 is 14.9 Å². The third kappa shape index (κ3) is 3.49. The molecule has 162 valence electrons. The molecule has 0 amide bonds. The molecule has 2 fully saturated rings. The molecule has 2 aliphatic carbocycles. The van der Waals surface area contributed by atoms with Crippen molar-refractivity contribution in [3.05, 3.63) is 59.2 Å². The molecule has 1 saturated heterocycles. The Labute approximate surface area is 185 Å². The number of likely N-dealkylation sites (tertiary alicyclic amines) is 1. The molecule has 2 N–H and O–H groups in total. The molecule has 5 rings (SSSR count). The van der Waals surface area contributed by atoms with Crippen LogP contribution in [0.2, 0.25) is 0 Å². The number of nitrogens with zero attached hydrogens (tertiary/aromatic N) is 1. The van der Waals surface area contributed by atoms with Gasteiger partial charge in [-0.25, -0.2) is 0 Å². The van der Waals surface area contributed by atoms with Gasteiger partial charge in [0, 0.05) is 24.4 Å². The number of hydrogen-bond acceptors (Lipinski definition) is 4. The van der Waals surface area contributed by atoms with Gasteiger partial charge in [0.1, 0.15) is 17.7 Å². The molecule has 2 bridgehead atoms. The summed E-state index contributed by atoms with van der Waals surface area (Å²) in [5, 5.41) is 21.4. The molecule has 2 aromatic carbocycles. The first kappa shape index (κ1) is 21.5. The van der Waals surface area contributed by atoms with Gasteiger partial charge in [-0.3, -0.25) is 4.90 Å². The zero-order valence-corrected chi connectivity index (χ0v) is 18.4. The number of piperidine rings is 1. The molecule has 4 atom stereocenters. The zero-order valence-electron chi connectivity index (χ0n) is 17.6. The number of fused-ring (bicyclic) bond motifs is 1. The minimum Gasteiger partial charge on any atom is -0.508 e. The lowest BCUT2D eigenvalue weighted by Gasteiger charge is -2.59. The standard InChI is InChI=1S/C25H31NO3.ClH/c1-29-20-9-5-17(6-10-20)14-24(28)26-13-12-25-11-3-2-4-21(25)23(26)15-18-7-8-19(27)16-22(18)25;/h5-10,16,21,23-24,27-28H,2-4,11-15H2,1H3;1H/t21-,23+,24?,25+;/m0./s1. The van der Waals surface area contributed by atoms with Gasteiger partial charge in [-0.05, 0) is 72.6 Å². The van der Waals surface area contributed by atoms with Crippen molar-refractivity contribution in [2.75, 3.05) is 13.7 Å². The van der Waals surface area contributed by atoms with Gasteiger partial charge in [-0.15, -0.1) is 12.4 Å². The Hall–Kier alpha value is -1.75. The molecule has 1 unspecified atom stereocenters. The minimum absolute atomic E-state index is 0. The summed E-state index contributed by atoms with van der Waals surface area (Å²) in [4.78, 5) is 2.37. The average Bonchev–Trinajstić information content (AvgIpc) is 2.75. The number of phenols is 1. The Kier molecular flexibility index (Phi) is 6.02. The van der Waals surface area contributed by atoms with Crippen molar-refractivity contribution in [3.8, 4) is 11.5 Å². The Balaban J connectivity index is 0.00000218. The lowest BCUT2D eigenvalue weighted by Crippen LogP contribution is -2.63. The van der Waals surface area contributed by atoms with E-state index in [9.17, 15) is 10.2 Å². The summed E-state index contributed by atoms with van der Waals surface area (Å²) in [5.41, 5.74) is 4.08. The van der Waals surface area contributed by atoms with Crippen LogP contribution in [0.3, 0.4) is 0 Å². The van der Waals surface area contributed by atoms with Crippen molar-refractivity contribution in [3.63, 3.8) is 0 Å². The van der Waals surface area contributed by atoms with E-state index in [1.807, 2.05) is 24.3 Å². The maximum absolute atomic E-state index is 11.2. The number of rotatable bonds is 4. The van der Waals surface area contributed by atoms with E-state index in [2.05, 4.69) is 23.1 Å². The first-order chi connectivity index (χ1) is 14.1. The summed E-state index contributed by atoms with van der Waals surface area (Å²) < 4.78 is 5.25. The van der Waals surface area contributed by atoms with Crippen LogP contribution in [-0.2, 0) is 18.3 Å². The van der Waals surface area contributed by atoms with Gasteiger partial charge in [0.05, 0.1) is 7.11 Å². The molecule has 30 heavy (non-hydrogen) atoms. The molecular formula is C25H32ClNO3. The van der Waals surface area contributed by atoms with Crippen LogP contribution in [-0.4, -0.2) is 41.0 Å². The summed E-state index contributed by atoms with van der Waals surface area (Å²) in [6.45, 7) is 0.924. The molecule has 2 aromatic rings. The van der Waals surface area contributed by atoms with Crippen molar-refractivity contribution >= 4 is 12.4 Å². The maximum Gasteiger partial charge on any atom is 0.118 e. The number of aliphatic hydroxyl groups is 1. The van der Waals surface area contributed by atoms with Crippen LogP contribution in [0.4, 0.5) is 0 Å². The van der Waals surface area contributed by atoms with E-state index in [0.717, 1.165) is 30.7 Å². The van der Waals surface area contributed by atoms with Gasteiger partial charge < -0.3 is 14.9 Å².